The van der Waals surface area contributed by atoms with Crippen molar-refractivity contribution in [2.75, 3.05) is 0 Å². The normalized spacial score (nSPS) is 13.7. The van der Waals surface area contributed by atoms with Gasteiger partial charge in [0.05, 0.1) is 16.9 Å². The van der Waals surface area contributed by atoms with Gasteiger partial charge in [-0.3, -0.25) is 4.79 Å². The Labute approximate surface area is 156 Å². The van der Waals surface area contributed by atoms with Gasteiger partial charge in [0.15, 0.2) is 0 Å². The number of halogens is 2. The van der Waals surface area contributed by atoms with E-state index in [4.69, 9.17) is 11.6 Å². The molecule has 1 aromatic heterocycles. The molecular formula is C21H18ClFN2O. The molecule has 1 aliphatic rings. The van der Waals surface area contributed by atoms with E-state index in [0.717, 1.165) is 24.1 Å². The number of carbonyl (C=O) groups is 1. The first kappa shape index (κ1) is 16.9. The van der Waals surface area contributed by atoms with Gasteiger partial charge in [0.2, 0.25) is 0 Å². The molecule has 3 aromatic rings. The number of para-hydroxylation sites is 1. The molecule has 1 fully saturated rings. The standard InChI is InChI=1S/C21H18ClFN2O/c1-13-17(21(26)24-16-10-11-16)12-20(14-6-8-15(22)9-7-14)25(13)19-5-3-2-4-18(19)23/h2-9,12,16H,10-11H2,1H3,(H,24,26). The summed E-state index contributed by atoms with van der Waals surface area (Å²) in [4.78, 5) is 12.6. The minimum atomic E-state index is -0.337. The molecule has 1 N–H and O–H groups in total. The molecule has 2 aromatic carbocycles. The lowest BCUT2D eigenvalue weighted by atomic mass is 10.1. The summed E-state index contributed by atoms with van der Waals surface area (Å²) >= 11 is 6.00. The third-order valence-electron chi connectivity index (χ3n) is 4.64. The lowest BCUT2D eigenvalue weighted by Crippen LogP contribution is -2.25. The number of rotatable bonds is 4. The number of amides is 1. The zero-order valence-electron chi connectivity index (χ0n) is 14.3. The number of benzene rings is 2. The maximum atomic E-state index is 14.5. The highest BCUT2D eigenvalue weighted by atomic mass is 35.5. The molecule has 0 bridgehead atoms. The van der Waals surface area contributed by atoms with E-state index in [1.807, 2.05) is 25.1 Å². The molecule has 3 nitrogen and oxygen atoms in total. The van der Waals surface area contributed by atoms with E-state index in [1.54, 1.807) is 34.9 Å². The highest BCUT2D eigenvalue weighted by molar-refractivity contribution is 6.30. The van der Waals surface area contributed by atoms with Crippen LogP contribution in [-0.4, -0.2) is 16.5 Å². The summed E-state index contributed by atoms with van der Waals surface area (Å²) in [5.74, 6) is -0.453. The Bertz CT molecular complexity index is 974. The maximum Gasteiger partial charge on any atom is 0.253 e. The highest BCUT2D eigenvalue weighted by Gasteiger charge is 2.27. The van der Waals surface area contributed by atoms with E-state index >= 15 is 0 Å². The van der Waals surface area contributed by atoms with Gasteiger partial charge in [0.1, 0.15) is 5.82 Å². The fourth-order valence-corrected chi connectivity index (χ4v) is 3.23. The van der Waals surface area contributed by atoms with Crippen LogP contribution < -0.4 is 5.32 Å². The van der Waals surface area contributed by atoms with E-state index in [1.165, 1.54) is 6.07 Å². The summed E-state index contributed by atoms with van der Waals surface area (Å²) in [6.45, 7) is 1.84. The van der Waals surface area contributed by atoms with Gasteiger partial charge in [0, 0.05) is 16.8 Å². The SMILES string of the molecule is Cc1c(C(=O)NC2CC2)cc(-c2ccc(Cl)cc2)n1-c1ccccc1F. The van der Waals surface area contributed by atoms with Gasteiger partial charge in [-0.25, -0.2) is 4.39 Å². The van der Waals surface area contributed by atoms with Crippen LogP contribution in [0.15, 0.2) is 54.6 Å². The molecule has 132 valence electrons. The first-order valence-corrected chi connectivity index (χ1v) is 8.96. The molecule has 0 saturated heterocycles. The predicted octanol–water partition coefficient (Wildman–Crippen LogP) is 5.14. The summed E-state index contributed by atoms with van der Waals surface area (Å²) < 4.78 is 16.3. The van der Waals surface area contributed by atoms with Crippen LogP contribution in [-0.2, 0) is 0 Å². The average molecular weight is 369 g/mol. The number of hydrogen-bond acceptors (Lipinski definition) is 1. The zero-order chi connectivity index (χ0) is 18.3. The fourth-order valence-electron chi connectivity index (χ4n) is 3.10. The smallest absolute Gasteiger partial charge is 0.253 e. The minimum absolute atomic E-state index is 0.115. The lowest BCUT2D eigenvalue weighted by Gasteiger charge is -2.13. The molecule has 0 radical (unpaired) electrons. The highest BCUT2D eigenvalue weighted by Crippen LogP contribution is 2.32. The molecule has 1 amide bonds. The van der Waals surface area contributed by atoms with Crippen molar-refractivity contribution in [2.45, 2.75) is 25.8 Å². The molecule has 5 heteroatoms. The molecule has 0 aliphatic heterocycles. The Morgan fingerprint density at radius 1 is 1.15 bits per heavy atom. The summed E-state index contributed by atoms with van der Waals surface area (Å²) in [6, 6.07) is 16.0. The van der Waals surface area contributed by atoms with Crippen LogP contribution in [0.1, 0.15) is 28.9 Å². The molecular weight excluding hydrogens is 351 g/mol. The van der Waals surface area contributed by atoms with Gasteiger partial charge in [-0.1, -0.05) is 35.9 Å². The maximum absolute atomic E-state index is 14.5. The lowest BCUT2D eigenvalue weighted by molar-refractivity contribution is 0.0950. The molecule has 4 rings (SSSR count). The number of aromatic nitrogens is 1. The first-order chi connectivity index (χ1) is 12.5. The number of carbonyl (C=O) groups excluding carboxylic acids is 1. The second-order valence-corrected chi connectivity index (χ2v) is 7.01. The van der Waals surface area contributed by atoms with Crippen molar-refractivity contribution < 1.29 is 9.18 Å². The van der Waals surface area contributed by atoms with Crippen LogP contribution in [0.2, 0.25) is 5.02 Å². The molecule has 1 saturated carbocycles. The quantitative estimate of drug-likeness (QED) is 0.680. The van der Waals surface area contributed by atoms with E-state index in [0.29, 0.717) is 22.0 Å². The van der Waals surface area contributed by atoms with E-state index in [9.17, 15) is 9.18 Å². The Morgan fingerprint density at radius 3 is 2.50 bits per heavy atom. The summed E-state index contributed by atoms with van der Waals surface area (Å²) in [5, 5.41) is 3.64. The largest absolute Gasteiger partial charge is 0.349 e. The summed E-state index contributed by atoms with van der Waals surface area (Å²) in [5.41, 5.74) is 3.31. The van der Waals surface area contributed by atoms with Crippen LogP contribution in [0.5, 0.6) is 0 Å². The molecule has 0 unspecified atom stereocenters. The Hall–Kier alpha value is -2.59. The third-order valence-corrected chi connectivity index (χ3v) is 4.89. The summed E-state index contributed by atoms with van der Waals surface area (Å²) in [7, 11) is 0. The van der Waals surface area contributed by atoms with Crippen molar-refractivity contribution in [3.63, 3.8) is 0 Å². The van der Waals surface area contributed by atoms with Crippen molar-refractivity contribution in [3.8, 4) is 16.9 Å². The first-order valence-electron chi connectivity index (χ1n) is 8.58. The van der Waals surface area contributed by atoms with Crippen molar-refractivity contribution in [2.24, 2.45) is 0 Å². The topological polar surface area (TPSA) is 34.0 Å². The Kier molecular flexibility index (Phi) is 4.29. The van der Waals surface area contributed by atoms with Gasteiger partial charge in [0.25, 0.3) is 5.91 Å². The van der Waals surface area contributed by atoms with E-state index in [-0.39, 0.29) is 17.8 Å². The van der Waals surface area contributed by atoms with Crippen LogP contribution in [0.3, 0.4) is 0 Å². The second kappa shape index (κ2) is 6.61. The van der Waals surface area contributed by atoms with Crippen molar-refractivity contribution in [3.05, 3.63) is 76.7 Å². The van der Waals surface area contributed by atoms with Crippen molar-refractivity contribution in [1.82, 2.24) is 9.88 Å². The molecule has 0 spiro atoms. The number of nitrogens with zero attached hydrogens (tertiary/aromatic N) is 1. The number of nitrogens with one attached hydrogen (secondary N) is 1. The van der Waals surface area contributed by atoms with Crippen LogP contribution in [0, 0.1) is 12.7 Å². The van der Waals surface area contributed by atoms with E-state index < -0.39 is 0 Å². The van der Waals surface area contributed by atoms with Crippen LogP contribution in [0.4, 0.5) is 4.39 Å². The minimum Gasteiger partial charge on any atom is -0.349 e. The molecule has 1 aliphatic carbocycles. The monoisotopic (exact) mass is 368 g/mol. The Balaban J connectivity index is 1.89. The van der Waals surface area contributed by atoms with Crippen LogP contribution in [0.25, 0.3) is 16.9 Å². The molecule has 1 heterocycles. The molecule has 26 heavy (non-hydrogen) atoms. The number of hydrogen-bond donors (Lipinski definition) is 1. The summed E-state index contributed by atoms with van der Waals surface area (Å²) in [6.07, 6.45) is 2.03. The van der Waals surface area contributed by atoms with Crippen molar-refractivity contribution in [1.29, 1.82) is 0 Å². The van der Waals surface area contributed by atoms with Gasteiger partial charge < -0.3 is 9.88 Å². The zero-order valence-corrected chi connectivity index (χ0v) is 15.1. The molecule has 0 atom stereocenters. The van der Waals surface area contributed by atoms with Gasteiger partial charge in [-0.2, -0.15) is 0 Å². The fraction of sp³-hybridized carbons (Fsp3) is 0.190. The van der Waals surface area contributed by atoms with Crippen molar-refractivity contribution >= 4 is 17.5 Å². The second-order valence-electron chi connectivity index (χ2n) is 6.57. The van der Waals surface area contributed by atoms with E-state index in [2.05, 4.69) is 5.32 Å². The average Bonchev–Trinajstić information content (AvgIpc) is 3.37. The Morgan fingerprint density at radius 2 is 1.85 bits per heavy atom. The van der Waals surface area contributed by atoms with Gasteiger partial charge >= 0.3 is 0 Å². The van der Waals surface area contributed by atoms with Crippen LogP contribution >= 0.6 is 11.6 Å². The van der Waals surface area contributed by atoms with Gasteiger partial charge in [-0.15, -0.1) is 0 Å². The van der Waals surface area contributed by atoms with Gasteiger partial charge in [-0.05, 0) is 55.7 Å². The third kappa shape index (κ3) is 3.13. The predicted molar refractivity (Wildman–Crippen MR) is 101 cm³/mol.